The molecule has 0 atom stereocenters. The average molecular weight is 248 g/mol. The molecule has 2 rings (SSSR count). The van der Waals surface area contributed by atoms with E-state index in [9.17, 15) is 4.79 Å². The van der Waals surface area contributed by atoms with Gasteiger partial charge in [-0.05, 0) is 47.2 Å². The summed E-state index contributed by atoms with van der Waals surface area (Å²) in [6, 6.07) is 7.50. The second kappa shape index (κ2) is 4.59. The van der Waals surface area contributed by atoms with Crippen LogP contribution in [0.4, 0.5) is 0 Å². The van der Waals surface area contributed by atoms with Crippen LogP contribution in [0.15, 0.2) is 29.6 Å². The van der Waals surface area contributed by atoms with E-state index in [1.54, 1.807) is 13.2 Å². The third kappa shape index (κ3) is 2.31. The fourth-order valence-electron chi connectivity index (χ4n) is 1.66. The SMILES string of the molecule is COc1ccc(-c2csc(C(=O)O)c2)cc1C. The Bertz CT molecular complexity index is 558. The van der Waals surface area contributed by atoms with Crippen LogP contribution in [-0.2, 0) is 0 Å². The molecule has 1 N–H and O–H groups in total. The second-order valence-corrected chi connectivity index (χ2v) is 4.60. The van der Waals surface area contributed by atoms with Crippen molar-refractivity contribution in [3.05, 3.63) is 40.1 Å². The number of thiophene rings is 1. The van der Waals surface area contributed by atoms with Crippen LogP contribution in [0.25, 0.3) is 11.1 Å². The summed E-state index contributed by atoms with van der Waals surface area (Å²) in [5.74, 6) is -0.0473. The van der Waals surface area contributed by atoms with E-state index in [2.05, 4.69) is 0 Å². The number of rotatable bonds is 3. The van der Waals surface area contributed by atoms with Gasteiger partial charge in [0.15, 0.2) is 0 Å². The normalized spacial score (nSPS) is 10.2. The van der Waals surface area contributed by atoms with Crippen molar-refractivity contribution in [1.29, 1.82) is 0 Å². The molecule has 0 fully saturated rings. The molecule has 0 saturated carbocycles. The molecule has 0 aliphatic carbocycles. The highest BCUT2D eigenvalue weighted by Crippen LogP contribution is 2.29. The predicted molar refractivity (Wildman–Crippen MR) is 68.0 cm³/mol. The molecule has 1 aromatic heterocycles. The summed E-state index contributed by atoms with van der Waals surface area (Å²) in [5, 5.41) is 10.7. The number of ether oxygens (including phenoxy) is 1. The number of aromatic carboxylic acids is 1. The molecule has 4 heteroatoms. The fourth-order valence-corrected chi connectivity index (χ4v) is 2.41. The number of carboxylic acid groups (broad SMARTS) is 1. The van der Waals surface area contributed by atoms with Crippen molar-refractivity contribution in [3.8, 4) is 16.9 Å². The minimum absolute atomic E-state index is 0.355. The average Bonchev–Trinajstić information content (AvgIpc) is 2.78. The van der Waals surface area contributed by atoms with Crippen molar-refractivity contribution >= 4 is 17.3 Å². The number of methoxy groups -OCH3 is 1. The number of hydrogen-bond donors (Lipinski definition) is 1. The minimum atomic E-state index is -0.883. The Hall–Kier alpha value is -1.81. The molecule has 0 bridgehead atoms. The van der Waals surface area contributed by atoms with Crippen LogP contribution < -0.4 is 4.74 Å². The maximum absolute atomic E-state index is 10.8. The summed E-state index contributed by atoms with van der Waals surface area (Å²) in [5.41, 5.74) is 2.97. The van der Waals surface area contributed by atoms with Gasteiger partial charge in [0.05, 0.1) is 7.11 Å². The van der Waals surface area contributed by atoms with Gasteiger partial charge in [-0.2, -0.15) is 0 Å². The van der Waals surface area contributed by atoms with Crippen molar-refractivity contribution in [3.63, 3.8) is 0 Å². The van der Waals surface area contributed by atoms with Gasteiger partial charge in [0.1, 0.15) is 10.6 Å². The van der Waals surface area contributed by atoms with Crippen LogP contribution >= 0.6 is 11.3 Å². The summed E-state index contributed by atoms with van der Waals surface area (Å²) in [4.78, 5) is 11.2. The molecule has 1 aromatic carbocycles. The van der Waals surface area contributed by atoms with E-state index < -0.39 is 5.97 Å². The molecule has 17 heavy (non-hydrogen) atoms. The van der Waals surface area contributed by atoms with Gasteiger partial charge < -0.3 is 9.84 Å². The highest BCUT2D eigenvalue weighted by molar-refractivity contribution is 7.12. The van der Waals surface area contributed by atoms with Gasteiger partial charge in [-0.15, -0.1) is 11.3 Å². The van der Waals surface area contributed by atoms with Crippen LogP contribution in [0, 0.1) is 6.92 Å². The molecule has 2 aromatic rings. The van der Waals surface area contributed by atoms with Gasteiger partial charge in [-0.1, -0.05) is 6.07 Å². The van der Waals surface area contributed by atoms with E-state index in [-0.39, 0.29) is 0 Å². The fraction of sp³-hybridized carbons (Fsp3) is 0.154. The maximum Gasteiger partial charge on any atom is 0.345 e. The zero-order valence-electron chi connectivity index (χ0n) is 9.56. The van der Waals surface area contributed by atoms with Gasteiger partial charge in [0.25, 0.3) is 0 Å². The van der Waals surface area contributed by atoms with Crippen molar-refractivity contribution in [1.82, 2.24) is 0 Å². The first-order valence-electron chi connectivity index (χ1n) is 5.08. The maximum atomic E-state index is 10.8. The third-order valence-corrected chi connectivity index (χ3v) is 3.46. The lowest BCUT2D eigenvalue weighted by Crippen LogP contribution is -1.90. The van der Waals surface area contributed by atoms with Crippen LogP contribution in [-0.4, -0.2) is 18.2 Å². The lowest BCUT2D eigenvalue weighted by molar-refractivity contribution is 0.0702. The molecule has 0 spiro atoms. The van der Waals surface area contributed by atoms with Crippen molar-refractivity contribution in [2.24, 2.45) is 0 Å². The zero-order valence-corrected chi connectivity index (χ0v) is 10.4. The van der Waals surface area contributed by atoms with E-state index in [1.165, 1.54) is 11.3 Å². The molecule has 0 unspecified atom stereocenters. The van der Waals surface area contributed by atoms with E-state index in [4.69, 9.17) is 9.84 Å². The Kier molecular flexibility index (Phi) is 3.15. The van der Waals surface area contributed by atoms with Gasteiger partial charge >= 0.3 is 5.97 Å². The predicted octanol–water partition coefficient (Wildman–Crippen LogP) is 3.43. The molecule has 88 valence electrons. The number of aryl methyl sites for hydroxylation is 1. The Balaban J connectivity index is 2.39. The summed E-state index contributed by atoms with van der Waals surface area (Å²) < 4.78 is 5.19. The molecule has 0 saturated heterocycles. The number of carbonyl (C=O) groups is 1. The Morgan fingerprint density at radius 3 is 2.59 bits per heavy atom. The third-order valence-electron chi connectivity index (χ3n) is 2.54. The zero-order chi connectivity index (χ0) is 12.4. The summed E-state index contributed by atoms with van der Waals surface area (Å²) in [6.45, 7) is 1.97. The van der Waals surface area contributed by atoms with Crippen LogP contribution in [0.5, 0.6) is 5.75 Å². The van der Waals surface area contributed by atoms with Crippen molar-refractivity contribution < 1.29 is 14.6 Å². The first kappa shape index (κ1) is 11.7. The van der Waals surface area contributed by atoms with E-state index in [1.807, 2.05) is 30.5 Å². The molecular weight excluding hydrogens is 236 g/mol. The number of carboxylic acids is 1. The van der Waals surface area contributed by atoms with E-state index >= 15 is 0 Å². The number of hydrogen-bond acceptors (Lipinski definition) is 3. The molecule has 1 heterocycles. The largest absolute Gasteiger partial charge is 0.496 e. The lowest BCUT2D eigenvalue weighted by Gasteiger charge is -2.06. The van der Waals surface area contributed by atoms with Crippen LogP contribution in [0.1, 0.15) is 15.2 Å². The van der Waals surface area contributed by atoms with Crippen molar-refractivity contribution in [2.75, 3.05) is 7.11 Å². The topological polar surface area (TPSA) is 46.5 Å². The molecule has 0 aliphatic rings. The number of benzene rings is 1. The Morgan fingerprint density at radius 2 is 2.06 bits per heavy atom. The van der Waals surface area contributed by atoms with Gasteiger partial charge in [0, 0.05) is 0 Å². The standard InChI is InChI=1S/C13H12O3S/c1-8-5-9(3-4-11(8)16-2)10-6-12(13(14)15)17-7-10/h3-7H,1-2H3,(H,14,15). The van der Waals surface area contributed by atoms with E-state index in [0.29, 0.717) is 4.88 Å². The smallest absolute Gasteiger partial charge is 0.345 e. The monoisotopic (exact) mass is 248 g/mol. The van der Waals surface area contributed by atoms with Crippen LogP contribution in [0.3, 0.4) is 0 Å². The van der Waals surface area contributed by atoms with Gasteiger partial charge in [-0.3, -0.25) is 0 Å². The Morgan fingerprint density at radius 1 is 1.29 bits per heavy atom. The first-order chi connectivity index (χ1) is 8.11. The highest BCUT2D eigenvalue weighted by Gasteiger charge is 2.09. The van der Waals surface area contributed by atoms with Crippen LogP contribution in [0.2, 0.25) is 0 Å². The van der Waals surface area contributed by atoms with Crippen molar-refractivity contribution in [2.45, 2.75) is 6.92 Å². The first-order valence-corrected chi connectivity index (χ1v) is 5.96. The molecule has 0 aliphatic heterocycles. The molecular formula is C13H12O3S. The van der Waals surface area contributed by atoms with Gasteiger partial charge in [0.2, 0.25) is 0 Å². The highest BCUT2D eigenvalue weighted by atomic mass is 32.1. The van der Waals surface area contributed by atoms with Gasteiger partial charge in [-0.25, -0.2) is 4.79 Å². The summed E-state index contributed by atoms with van der Waals surface area (Å²) in [6.07, 6.45) is 0. The molecule has 3 nitrogen and oxygen atoms in total. The Labute approximate surface area is 103 Å². The summed E-state index contributed by atoms with van der Waals surface area (Å²) >= 11 is 1.24. The van der Waals surface area contributed by atoms with E-state index in [0.717, 1.165) is 22.4 Å². The minimum Gasteiger partial charge on any atom is -0.496 e. The molecule has 0 radical (unpaired) electrons. The molecule has 0 amide bonds. The quantitative estimate of drug-likeness (QED) is 0.905. The lowest BCUT2D eigenvalue weighted by atomic mass is 10.1. The summed E-state index contributed by atoms with van der Waals surface area (Å²) in [7, 11) is 1.63. The second-order valence-electron chi connectivity index (χ2n) is 3.69.